The topological polar surface area (TPSA) is 71.1 Å². The minimum atomic E-state index is -0.284. The highest BCUT2D eigenvalue weighted by atomic mass is 35.5. The molecule has 2 aromatic rings. The second kappa shape index (κ2) is 7.01. The van der Waals surface area contributed by atoms with Crippen molar-refractivity contribution in [1.29, 1.82) is 0 Å². The number of rotatable bonds is 5. The molecule has 1 saturated carbocycles. The minimum Gasteiger partial charge on any atom is -0.350 e. The lowest BCUT2D eigenvalue weighted by atomic mass is 10.2. The van der Waals surface area contributed by atoms with Gasteiger partial charge in [-0.15, -0.1) is 0 Å². The van der Waals surface area contributed by atoms with E-state index < -0.39 is 0 Å². The van der Waals surface area contributed by atoms with Gasteiger partial charge in [-0.3, -0.25) is 14.6 Å². The van der Waals surface area contributed by atoms with E-state index in [-0.39, 0.29) is 23.7 Å². The number of halogens is 1. The van der Waals surface area contributed by atoms with E-state index in [1.807, 2.05) is 31.2 Å². The Morgan fingerprint density at radius 1 is 1.21 bits per heavy atom. The molecule has 0 aliphatic heterocycles. The molecular formula is C18H18ClN3O2. The molecule has 1 aromatic carbocycles. The van der Waals surface area contributed by atoms with Crippen LogP contribution in [0.25, 0.3) is 0 Å². The zero-order valence-electron chi connectivity index (χ0n) is 13.3. The molecule has 1 aromatic heterocycles. The van der Waals surface area contributed by atoms with Crippen LogP contribution >= 0.6 is 11.6 Å². The van der Waals surface area contributed by atoms with Crippen LogP contribution in [0.1, 0.15) is 17.7 Å². The van der Waals surface area contributed by atoms with Crippen LogP contribution in [0.5, 0.6) is 0 Å². The Balaban J connectivity index is 1.49. The molecule has 0 spiro atoms. The summed E-state index contributed by atoms with van der Waals surface area (Å²) in [6.07, 6.45) is 2.25. The molecule has 0 saturated heterocycles. The van der Waals surface area contributed by atoms with E-state index in [1.165, 1.54) is 0 Å². The zero-order valence-corrected chi connectivity index (χ0v) is 14.0. The van der Waals surface area contributed by atoms with Crippen molar-refractivity contribution in [3.05, 3.63) is 58.9 Å². The van der Waals surface area contributed by atoms with E-state index >= 15 is 0 Å². The number of nitrogens with one attached hydrogen (secondary N) is 2. The first-order valence-corrected chi connectivity index (χ1v) is 8.17. The second-order valence-electron chi connectivity index (χ2n) is 5.94. The Bertz CT molecular complexity index is 764. The maximum absolute atomic E-state index is 12.2. The molecule has 5 nitrogen and oxygen atoms in total. The quantitative estimate of drug-likeness (QED) is 0.876. The average Bonchev–Trinajstić information content (AvgIpc) is 3.38. The molecule has 2 unspecified atom stereocenters. The molecule has 0 radical (unpaired) electrons. The van der Waals surface area contributed by atoms with E-state index in [1.54, 1.807) is 18.3 Å². The highest BCUT2D eigenvalue weighted by molar-refractivity contribution is 6.31. The minimum absolute atomic E-state index is 0.109. The predicted octanol–water partition coefficient (Wildman–Crippen LogP) is 2.93. The van der Waals surface area contributed by atoms with Crippen molar-refractivity contribution in [2.45, 2.75) is 19.9 Å². The van der Waals surface area contributed by atoms with Crippen molar-refractivity contribution in [2.24, 2.45) is 11.8 Å². The van der Waals surface area contributed by atoms with E-state index in [0.717, 1.165) is 11.3 Å². The lowest BCUT2D eigenvalue weighted by Crippen LogP contribution is -2.27. The average molecular weight is 344 g/mol. The van der Waals surface area contributed by atoms with Gasteiger partial charge >= 0.3 is 0 Å². The molecule has 1 aliphatic rings. The summed E-state index contributed by atoms with van der Waals surface area (Å²) in [5, 5.41) is 6.24. The maximum atomic E-state index is 12.2. The van der Waals surface area contributed by atoms with Crippen LogP contribution in [0, 0.1) is 18.8 Å². The van der Waals surface area contributed by atoms with Crippen LogP contribution in [0.3, 0.4) is 0 Å². The first-order valence-electron chi connectivity index (χ1n) is 7.79. The summed E-state index contributed by atoms with van der Waals surface area (Å²) in [6, 6.07) is 10.9. The third-order valence-corrected chi connectivity index (χ3v) is 4.48. The van der Waals surface area contributed by atoms with Gasteiger partial charge in [0.25, 0.3) is 0 Å². The normalized spacial score (nSPS) is 18.8. The Hall–Kier alpha value is -2.40. The molecule has 2 atom stereocenters. The molecule has 24 heavy (non-hydrogen) atoms. The molecule has 124 valence electrons. The third-order valence-electron chi connectivity index (χ3n) is 4.07. The summed E-state index contributed by atoms with van der Waals surface area (Å²) in [5.41, 5.74) is 2.39. The standard InChI is InChI=1S/C18H18ClN3O2/c1-11-5-6-12(8-16(11)19)22-18(24)15-9-14(15)17(23)21-10-13-4-2-3-7-20-13/h2-8,14-15H,9-10H2,1H3,(H,21,23)(H,22,24). The number of benzene rings is 1. The van der Waals surface area contributed by atoms with Gasteiger partial charge in [-0.05, 0) is 43.2 Å². The maximum Gasteiger partial charge on any atom is 0.228 e. The fourth-order valence-electron chi connectivity index (χ4n) is 2.49. The van der Waals surface area contributed by atoms with Crippen molar-refractivity contribution in [3.8, 4) is 0 Å². The molecule has 1 heterocycles. The molecule has 3 rings (SSSR count). The summed E-state index contributed by atoms with van der Waals surface area (Å²) in [6.45, 7) is 2.27. The number of anilines is 1. The smallest absolute Gasteiger partial charge is 0.228 e. The fourth-order valence-corrected chi connectivity index (χ4v) is 2.67. The lowest BCUT2D eigenvalue weighted by Gasteiger charge is -2.07. The molecule has 1 aliphatic carbocycles. The third kappa shape index (κ3) is 3.92. The summed E-state index contributed by atoms with van der Waals surface area (Å²) in [5.74, 6) is -0.806. The number of carbonyl (C=O) groups excluding carboxylic acids is 2. The van der Waals surface area contributed by atoms with Crippen LogP contribution < -0.4 is 10.6 Å². The SMILES string of the molecule is Cc1ccc(NC(=O)C2CC2C(=O)NCc2ccccn2)cc1Cl. The van der Waals surface area contributed by atoms with Crippen LogP contribution in [0.15, 0.2) is 42.6 Å². The van der Waals surface area contributed by atoms with Gasteiger partial charge in [0.1, 0.15) is 0 Å². The number of pyridine rings is 1. The van der Waals surface area contributed by atoms with Crippen molar-refractivity contribution in [2.75, 3.05) is 5.32 Å². The molecule has 1 fully saturated rings. The fraction of sp³-hybridized carbons (Fsp3) is 0.278. The summed E-state index contributed by atoms with van der Waals surface area (Å²) < 4.78 is 0. The second-order valence-corrected chi connectivity index (χ2v) is 6.35. The first-order chi connectivity index (χ1) is 11.5. The Morgan fingerprint density at radius 2 is 2.00 bits per heavy atom. The van der Waals surface area contributed by atoms with Crippen molar-refractivity contribution < 1.29 is 9.59 Å². The number of amides is 2. The lowest BCUT2D eigenvalue weighted by molar-refractivity contribution is -0.125. The van der Waals surface area contributed by atoms with Crippen LogP contribution in [-0.4, -0.2) is 16.8 Å². The van der Waals surface area contributed by atoms with Crippen LogP contribution in [0.4, 0.5) is 5.69 Å². The van der Waals surface area contributed by atoms with Crippen molar-refractivity contribution in [3.63, 3.8) is 0 Å². The molecule has 2 amide bonds. The highest BCUT2D eigenvalue weighted by Gasteiger charge is 2.47. The Kier molecular flexibility index (Phi) is 4.81. The van der Waals surface area contributed by atoms with E-state index in [9.17, 15) is 9.59 Å². The van der Waals surface area contributed by atoms with Gasteiger partial charge in [0.15, 0.2) is 0 Å². The Morgan fingerprint density at radius 3 is 2.71 bits per heavy atom. The molecule has 2 N–H and O–H groups in total. The van der Waals surface area contributed by atoms with Gasteiger partial charge in [0.05, 0.1) is 24.1 Å². The van der Waals surface area contributed by atoms with Crippen molar-refractivity contribution >= 4 is 29.1 Å². The van der Waals surface area contributed by atoms with Gasteiger partial charge in [-0.2, -0.15) is 0 Å². The predicted molar refractivity (Wildman–Crippen MR) is 92.5 cm³/mol. The summed E-state index contributed by atoms with van der Waals surface area (Å²) >= 11 is 6.05. The number of nitrogens with zero attached hydrogens (tertiary/aromatic N) is 1. The number of hydrogen-bond acceptors (Lipinski definition) is 3. The van der Waals surface area contributed by atoms with Gasteiger partial charge in [-0.1, -0.05) is 23.7 Å². The van der Waals surface area contributed by atoms with Crippen LogP contribution in [-0.2, 0) is 16.1 Å². The van der Waals surface area contributed by atoms with Gasteiger partial charge in [0.2, 0.25) is 11.8 Å². The number of aryl methyl sites for hydroxylation is 1. The Labute approximate surface area is 145 Å². The summed E-state index contributed by atoms with van der Waals surface area (Å²) in [7, 11) is 0. The van der Waals surface area contributed by atoms with E-state index in [0.29, 0.717) is 23.7 Å². The first kappa shape index (κ1) is 16.5. The number of carbonyl (C=O) groups is 2. The van der Waals surface area contributed by atoms with E-state index in [4.69, 9.17) is 11.6 Å². The highest BCUT2D eigenvalue weighted by Crippen LogP contribution is 2.39. The van der Waals surface area contributed by atoms with Gasteiger partial charge in [0, 0.05) is 16.9 Å². The number of hydrogen-bond donors (Lipinski definition) is 2. The molecule has 0 bridgehead atoms. The van der Waals surface area contributed by atoms with Crippen LogP contribution in [0.2, 0.25) is 5.02 Å². The monoisotopic (exact) mass is 343 g/mol. The number of aromatic nitrogens is 1. The van der Waals surface area contributed by atoms with Crippen molar-refractivity contribution in [1.82, 2.24) is 10.3 Å². The zero-order chi connectivity index (χ0) is 17.1. The van der Waals surface area contributed by atoms with Gasteiger partial charge < -0.3 is 10.6 Å². The van der Waals surface area contributed by atoms with E-state index in [2.05, 4.69) is 15.6 Å². The molecular weight excluding hydrogens is 326 g/mol. The largest absolute Gasteiger partial charge is 0.350 e. The molecule has 6 heteroatoms. The van der Waals surface area contributed by atoms with Gasteiger partial charge in [-0.25, -0.2) is 0 Å². The summed E-state index contributed by atoms with van der Waals surface area (Å²) in [4.78, 5) is 28.5.